The molecule has 1 saturated carbocycles. The van der Waals surface area contributed by atoms with Crippen LogP contribution in [0.1, 0.15) is 39.3 Å². The third kappa shape index (κ3) is 4.45. The van der Waals surface area contributed by atoms with Crippen LogP contribution in [0.4, 0.5) is 10.8 Å². The maximum absolute atomic E-state index is 13.1. The summed E-state index contributed by atoms with van der Waals surface area (Å²) < 4.78 is 0. The van der Waals surface area contributed by atoms with Crippen LogP contribution in [0.3, 0.4) is 0 Å². The molecule has 3 aromatic rings. The van der Waals surface area contributed by atoms with Crippen LogP contribution < -0.4 is 10.2 Å². The fourth-order valence-electron chi connectivity index (χ4n) is 4.12. The first kappa shape index (κ1) is 20.8. The molecule has 0 unspecified atom stereocenters. The molecule has 6 nitrogen and oxygen atoms in total. The van der Waals surface area contributed by atoms with E-state index in [-0.39, 0.29) is 17.7 Å². The Morgan fingerprint density at radius 2 is 1.88 bits per heavy atom. The number of hydrogen-bond acceptors (Lipinski definition) is 5. The van der Waals surface area contributed by atoms with Crippen molar-refractivity contribution in [1.29, 1.82) is 0 Å². The highest BCUT2D eigenvalue weighted by Crippen LogP contribution is 2.34. The van der Waals surface area contributed by atoms with Crippen LogP contribution in [-0.4, -0.2) is 35.3 Å². The molecular formula is C25H26N4O2S. The molecule has 2 aliphatic rings. The molecule has 2 amide bonds. The summed E-state index contributed by atoms with van der Waals surface area (Å²) >= 11 is 1.54. The van der Waals surface area contributed by atoms with E-state index in [1.165, 1.54) is 10.4 Å². The van der Waals surface area contributed by atoms with Gasteiger partial charge in [0, 0.05) is 43.9 Å². The van der Waals surface area contributed by atoms with Gasteiger partial charge < -0.3 is 4.90 Å². The number of para-hydroxylation sites is 1. The lowest BCUT2D eigenvalue weighted by molar-refractivity contribution is -0.119. The van der Waals surface area contributed by atoms with Gasteiger partial charge in [-0.1, -0.05) is 42.5 Å². The number of hydrogen-bond donors (Lipinski definition) is 1. The number of aromatic nitrogens is 1. The molecule has 1 aliphatic heterocycles. The number of carbonyl (C=O) groups is 2. The van der Waals surface area contributed by atoms with E-state index in [4.69, 9.17) is 0 Å². The molecule has 1 N–H and O–H groups in total. The zero-order valence-electron chi connectivity index (χ0n) is 18.1. The molecule has 164 valence electrons. The third-order valence-corrected chi connectivity index (χ3v) is 7.04. The van der Waals surface area contributed by atoms with E-state index in [1.807, 2.05) is 24.3 Å². The van der Waals surface area contributed by atoms with Gasteiger partial charge in [-0.2, -0.15) is 0 Å². The van der Waals surface area contributed by atoms with E-state index in [1.54, 1.807) is 29.4 Å². The summed E-state index contributed by atoms with van der Waals surface area (Å²) in [5.74, 6) is -0.0580. The maximum atomic E-state index is 13.1. The minimum Gasteiger partial charge on any atom is -0.314 e. The van der Waals surface area contributed by atoms with E-state index in [9.17, 15) is 9.59 Å². The van der Waals surface area contributed by atoms with E-state index in [0.29, 0.717) is 16.4 Å². The number of rotatable bonds is 6. The second-order valence-electron chi connectivity index (χ2n) is 8.48. The summed E-state index contributed by atoms with van der Waals surface area (Å²) in [6.07, 6.45) is 2.75. The molecule has 2 aromatic carbocycles. The molecular weight excluding hydrogens is 420 g/mol. The smallest absolute Gasteiger partial charge is 0.259 e. The number of nitrogens with zero attached hydrogens (tertiary/aromatic N) is 3. The number of nitrogens with one attached hydrogen (secondary N) is 1. The van der Waals surface area contributed by atoms with Crippen LogP contribution in [0.15, 0.2) is 54.6 Å². The van der Waals surface area contributed by atoms with Crippen molar-refractivity contribution < 1.29 is 9.59 Å². The molecule has 32 heavy (non-hydrogen) atoms. The standard InChI is InChI=1S/C25H26N4O2S/c1-28(24(31)18-11-12-18)21-10-6-5-9-19(21)23(30)27-25-26-20-13-14-29(16-22(20)32-25)15-17-7-3-2-4-8-17/h2-10,18H,11-16H2,1H3,(H,26,27,30). The molecule has 2 heterocycles. The fraction of sp³-hybridized carbons (Fsp3) is 0.320. The van der Waals surface area contributed by atoms with Crippen molar-refractivity contribution in [3.63, 3.8) is 0 Å². The summed E-state index contributed by atoms with van der Waals surface area (Å²) in [5.41, 5.74) is 3.50. The van der Waals surface area contributed by atoms with Gasteiger partial charge in [-0.15, -0.1) is 11.3 Å². The predicted molar refractivity (Wildman–Crippen MR) is 127 cm³/mol. The van der Waals surface area contributed by atoms with Crippen molar-refractivity contribution in [3.05, 3.63) is 76.3 Å². The molecule has 0 bridgehead atoms. The second-order valence-corrected chi connectivity index (χ2v) is 9.56. The van der Waals surface area contributed by atoms with Gasteiger partial charge in [0.05, 0.1) is 16.9 Å². The van der Waals surface area contributed by atoms with Crippen molar-refractivity contribution in [3.8, 4) is 0 Å². The first-order chi connectivity index (χ1) is 15.6. The Balaban J connectivity index is 1.28. The number of amides is 2. The highest BCUT2D eigenvalue weighted by atomic mass is 32.1. The second kappa shape index (κ2) is 8.84. The summed E-state index contributed by atoms with van der Waals surface area (Å²) in [7, 11) is 1.75. The average Bonchev–Trinajstić information content (AvgIpc) is 3.59. The first-order valence-corrected chi connectivity index (χ1v) is 11.8. The Labute approximate surface area is 191 Å². The molecule has 1 fully saturated rings. The molecule has 1 aliphatic carbocycles. The Bertz CT molecular complexity index is 1140. The SMILES string of the molecule is CN(C(=O)C1CC1)c1ccccc1C(=O)Nc1nc2c(s1)CN(Cc1ccccc1)CC2. The van der Waals surface area contributed by atoms with Crippen LogP contribution in [0.2, 0.25) is 0 Å². The van der Waals surface area contributed by atoms with Crippen molar-refractivity contribution in [2.45, 2.75) is 32.4 Å². The Morgan fingerprint density at radius 3 is 2.66 bits per heavy atom. The third-order valence-electron chi connectivity index (χ3n) is 6.05. The normalized spacial score (nSPS) is 15.8. The summed E-state index contributed by atoms with van der Waals surface area (Å²) in [6.45, 7) is 2.71. The molecule has 0 saturated heterocycles. The summed E-state index contributed by atoms with van der Waals surface area (Å²) in [5, 5.41) is 3.59. The molecule has 0 radical (unpaired) electrons. The lowest BCUT2D eigenvalue weighted by Crippen LogP contribution is -2.30. The van der Waals surface area contributed by atoms with E-state index >= 15 is 0 Å². The van der Waals surface area contributed by atoms with E-state index in [0.717, 1.165) is 44.6 Å². The van der Waals surface area contributed by atoms with Crippen molar-refractivity contribution >= 4 is 34.0 Å². The van der Waals surface area contributed by atoms with Crippen LogP contribution in [0.25, 0.3) is 0 Å². The summed E-state index contributed by atoms with van der Waals surface area (Å²) in [4.78, 5) is 35.5. The topological polar surface area (TPSA) is 65.5 Å². The number of fused-ring (bicyclic) bond motifs is 1. The van der Waals surface area contributed by atoms with Gasteiger partial charge in [-0.3, -0.25) is 19.8 Å². The van der Waals surface area contributed by atoms with Gasteiger partial charge in [-0.05, 0) is 30.5 Å². The Morgan fingerprint density at radius 1 is 1.12 bits per heavy atom. The lowest BCUT2D eigenvalue weighted by Gasteiger charge is -2.25. The van der Waals surface area contributed by atoms with Crippen molar-refractivity contribution in [2.75, 3.05) is 23.8 Å². The van der Waals surface area contributed by atoms with Gasteiger partial charge in [0.15, 0.2) is 5.13 Å². The monoisotopic (exact) mass is 446 g/mol. The summed E-state index contributed by atoms with van der Waals surface area (Å²) in [6, 6.07) is 17.7. The fourth-order valence-corrected chi connectivity index (χ4v) is 5.17. The van der Waals surface area contributed by atoms with E-state index in [2.05, 4.69) is 39.5 Å². The van der Waals surface area contributed by atoms with Gasteiger partial charge in [-0.25, -0.2) is 4.98 Å². The van der Waals surface area contributed by atoms with Gasteiger partial charge in [0.2, 0.25) is 5.91 Å². The minimum atomic E-state index is -0.233. The first-order valence-electron chi connectivity index (χ1n) is 11.0. The number of carbonyl (C=O) groups excluding carboxylic acids is 2. The highest BCUT2D eigenvalue weighted by molar-refractivity contribution is 7.15. The molecule has 0 spiro atoms. The quantitative estimate of drug-likeness (QED) is 0.612. The number of anilines is 2. The van der Waals surface area contributed by atoms with Crippen molar-refractivity contribution in [1.82, 2.24) is 9.88 Å². The number of benzene rings is 2. The van der Waals surface area contributed by atoms with Gasteiger partial charge in [0.25, 0.3) is 5.91 Å². The zero-order valence-corrected chi connectivity index (χ0v) is 18.9. The van der Waals surface area contributed by atoms with Crippen LogP contribution in [0.5, 0.6) is 0 Å². The minimum absolute atomic E-state index is 0.0773. The number of thiazole rings is 1. The van der Waals surface area contributed by atoms with Gasteiger partial charge in [0.1, 0.15) is 0 Å². The molecule has 7 heteroatoms. The highest BCUT2D eigenvalue weighted by Gasteiger charge is 2.33. The molecule has 5 rings (SSSR count). The lowest BCUT2D eigenvalue weighted by atomic mass is 10.1. The predicted octanol–water partition coefficient (Wildman–Crippen LogP) is 4.33. The van der Waals surface area contributed by atoms with Crippen LogP contribution in [-0.2, 0) is 24.3 Å². The largest absolute Gasteiger partial charge is 0.314 e. The van der Waals surface area contributed by atoms with Gasteiger partial charge >= 0.3 is 0 Å². The zero-order chi connectivity index (χ0) is 22.1. The maximum Gasteiger partial charge on any atom is 0.259 e. The molecule has 0 atom stereocenters. The van der Waals surface area contributed by atoms with Crippen LogP contribution >= 0.6 is 11.3 Å². The Kier molecular flexibility index (Phi) is 5.76. The van der Waals surface area contributed by atoms with Crippen molar-refractivity contribution in [2.24, 2.45) is 5.92 Å². The van der Waals surface area contributed by atoms with Crippen LogP contribution in [0, 0.1) is 5.92 Å². The average molecular weight is 447 g/mol. The Hall–Kier alpha value is -3.03. The molecule has 1 aromatic heterocycles. The van der Waals surface area contributed by atoms with E-state index < -0.39 is 0 Å².